The van der Waals surface area contributed by atoms with Gasteiger partial charge in [0, 0.05) is 47.3 Å². The Bertz CT molecular complexity index is 1760. The largest absolute Gasteiger partial charge is 0.457 e. The van der Waals surface area contributed by atoms with Crippen LogP contribution in [0.5, 0.6) is 11.5 Å². The van der Waals surface area contributed by atoms with E-state index in [1.54, 1.807) is 0 Å². The molecular formula is C34H31ClN2O3. The van der Waals surface area contributed by atoms with Gasteiger partial charge in [0.05, 0.1) is 10.9 Å². The normalized spacial score (nSPS) is 14.6. The van der Waals surface area contributed by atoms with Crippen molar-refractivity contribution < 1.29 is 14.3 Å². The number of nitrogens with zero attached hydrogens (tertiary/aromatic N) is 1. The molecule has 1 N–H and O–H groups in total. The number of halogens is 1. The molecular weight excluding hydrogens is 520 g/mol. The van der Waals surface area contributed by atoms with Crippen LogP contribution in [-0.2, 0) is 24.2 Å². The Morgan fingerprint density at radius 3 is 2.70 bits per heavy atom. The summed E-state index contributed by atoms with van der Waals surface area (Å²) in [5, 5.41) is 5.53. The molecule has 40 heavy (non-hydrogen) atoms. The maximum atomic E-state index is 13.6. The number of aryl methyl sites for hydroxylation is 3. The smallest absolute Gasteiger partial charge is 0.339 e. The Balaban J connectivity index is 0.00000289. The van der Waals surface area contributed by atoms with Crippen LogP contribution in [0.3, 0.4) is 0 Å². The first kappa shape index (κ1) is 26.1. The Kier molecular flexibility index (Phi) is 7.07. The zero-order valence-corrected chi connectivity index (χ0v) is 23.3. The van der Waals surface area contributed by atoms with E-state index in [4.69, 9.17) is 14.5 Å². The molecule has 202 valence electrons. The van der Waals surface area contributed by atoms with Gasteiger partial charge in [-0.25, -0.2) is 4.79 Å². The molecule has 0 radical (unpaired) electrons. The average Bonchev–Trinajstić information content (AvgIpc) is 2.97. The van der Waals surface area contributed by atoms with E-state index in [1.165, 1.54) is 11.1 Å². The monoisotopic (exact) mass is 550 g/mol. The second-order valence-corrected chi connectivity index (χ2v) is 10.6. The van der Waals surface area contributed by atoms with E-state index >= 15 is 0 Å². The minimum Gasteiger partial charge on any atom is -0.457 e. The molecule has 3 heterocycles. The van der Waals surface area contributed by atoms with E-state index in [9.17, 15) is 4.79 Å². The quantitative estimate of drug-likeness (QED) is 0.277. The molecule has 0 unspecified atom stereocenters. The van der Waals surface area contributed by atoms with Crippen LogP contribution in [0.4, 0.5) is 5.69 Å². The lowest BCUT2D eigenvalue weighted by atomic mass is 9.87. The lowest BCUT2D eigenvalue weighted by Crippen LogP contribution is -2.26. The number of esters is 1. The molecule has 0 atom stereocenters. The molecule has 7 rings (SSSR count). The third kappa shape index (κ3) is 4.75. The molecule has 4 aromatic carbocycles. The number of anilines is 1. The fourth-order valence-electron chi connectivity index (χ4n) is 5.95. The molecule has 5 nitrogen and oxygen atoms in total. The summed E-state index contributed by atoms with van der Waals surface area (Å²) < 4.78 is 12.4. The standard InChI is InChI=1S/C34H30N2O3.ClH/c1-21-7-4-8-22(15-21)20-38-34(37)26-12-3-2-11-25(26)33-27-16-23-9-5-13-35-29(23)18-31(27)39-32-19-30-24(17-28(32)33)10-6-14-36-30;/h2-4,7-8,11-12,15-19,35H,5-6,9-10,13-14,20H2,1H3;1H. The molecule has 0 amide bonds. The molecule has 3 aliphatic heterocycles. The molecule has 0 saturated carbocycles. The van der Waals surface area contributed by atoms with Crippen LogP contribution >= 0.6 is 12.4 Å². The lowest BCUT2D eigenvalue weighted by molar-refractivity contribution is 0.0472. The third-order valence-corrected chi connectivity index (χ3v) is 7.84. The Hall–Kier alpha value is -4.09. The number of hydrogen-bond acceptors (Lipinski definition) is 5. The highest BCUT2D eigenvalue weighted by Crippen LogP contribution is 2.41. The minimum absolute atomic E-state index is 0. The molecule has 0 aliphatic carbocycles. The third-order valence-electron chi connectivity index (χ3n) is 7.84. The van der Waals surface area contributed by atoms with Crippen molar-refractivity contribution >= 4 is 29.6 Å². The van der Waals surface area contributed by atoms with Gasteiger partial charge in [0.2, 0.25) is 0 Å². The van der Waals surface area contributed by atoms with Crippen molar-refractivity contribution in [2.24, 2.45) is 4.99 Å². The number of hydrogen-bond donors (Lipinski definition) is 1. The van der Waals surface area contributed by atoms with Crippen LogP contribution in [0.25, 0.3) is 5.57 Å². The molecule has 4 aromatic rings. The molecule has 6 heteroatoms. The highest BCUT2D eigenvalue weighted by atomic mass is 35.5. The van der Waals surface area contributed by atoms with Crippen molar-refractivity contribution in [3.8, 4) is 11.5 Å². The maximum absolute atomic E-state index is 13.6. The summed E-state index contributed by atoms with van der Waals surface area (Å²) in [6, 6.07) is 24.5. The van der Waals surface area contributed by atoms with Gasteiger partial charge in [-0.15, -0.1) is 12.4 Å². The van der Waals surface area contributed by atoms with E-state index < -0.39 is 0 Å². The van der Waals surface area contributed by atoms with Crippen molar-refractivity contribution in [1.29, 1.82) is 0 Å². The predicted molar refractivity (Wildman–Crippen MR) is 159 cm³/mol. The van der Waals surface area contributed by atoms with Gasteiger partial charge >= 0.3 is 5.97 Å². The fraction of sp³-hybridized carbons (Fsp3) is 0.235. The Labute approximate surface area is 240 Å². The second kappa shape index (κ2) is 10.8. The first-order chi connectivity index (χ1) is 19.1. The number of benzene rings is 4. The van der Waals surface area contributed by atoms with Crippen LogP contribution in [0.1, 0.15) is 56.6 Å². The lowest BCUT2D eigenvalue weighted by Gasteiger charge is -2.27. The van der Waals surface area contributed by atoms with Crippen molar-refractivity contribution in [3.63, 3.8) is 0 Å². The van der Waals surface area contributed by atoms with Crippen molar-refractivity contribution in [2.75, 3.05) is 18.4 Å². The molecule has 0 spiro atoms. The minimum atomic E-state index is -0.332. The first-order valence-corrected chi connectivity index (χ1v) is 13.8. The Morgan fingerprint density at radius 1 is 0.925 bits per heavy atom. The number of ether oxygens (including phenoxy) is 2. The summed E-state index contributed by atoms with van der Waals surface area (Å²) in [7, 11) is 0. The van der Waals surface area contributed by atoms with Crippen LogP contribution in [0.2, 0.25) is 0 Å². The summed E-state index contributed by atoms with van der Waals surface area (Å²) in [6.07, 6.45) is 4.13. The number of carbonyl (C=O) groups is 1. The summed E-state index contributed by atoms with van der Waals surface area (Å²) in [6.45, 7) is 4.07. The summed E-state index contributed by atoms with van der Waals surface area (Å²) in [4.78, 5) is 18.3. The number of fused-ring (bicyclic) bond motifs is 4. The molecule has 0 saturated heterocycles. The fourth-order valence-corrected chi connectivity index (χ4v) is 5.95. The van der Waals surface area contributed by atoms with Crippen molar-refractivity contribution in [3.05, 3.63) is 122 Å². The van der Waals surface area contributed by atoms with Gasteiger partial charge in [0.15, 0.2) is 0 Å². The van der Waals surface area contributed by atoms with Gasteiger partial charge in [0.1, 0.15) is 18.1 Å². The number of nitrogens with one attached hydrogen (secondary N) is 1. The van der Waals surface area contributed by atoms with E-state index in [2.05, 4.69) is 29.6 Å². The van der Waals surface area contributed by atoms with Crippen LogP contribution in [0, 0.1) is 6.92 Å². The first-order valence-electron chi connectivity index (χ1n) is 13.8. The SMILES string of the molecule is Cc1cccc(COC(=O)c2ccccc2C2=c3cc4c(cc3Oc3cc5c(cc32)CCCN5)=NCCC4)c1.Cl. The second-order valence-electron chi connectivity index (χ2n) is 10.6. The van der Waals surface area contributed by atoms with E-state index in [1.807, 2.05) is 55.5 Å². The summed E-state index contributed by atoms with van der Waals surface area (Å²) in [5.74, 6) is 1.24. The van der Waals surface area contributed by atoms with Crippen LogP contribution in [0.15, 0.2) is 77.8 Å². The highest BCUT2D eigenvalue weighted by Gasteiger charge is 2.27. The summed E-state index contributed by atoms with van der Waals surface area (Å²) in [5.41, 5.74) is 9.17. The maximum Gasteiger partial charge on any atom is 0.339 e. The molecule has 0 bridgehead atoms. The van der Waals surface area contributed by atoms with E-state index in [-0.39, 0.29) is 25.0 Å². The van der Waals surface area contributed by atoms with E-state index in [0.717, 1.165) is 94.4 Å². The zero-order valence-electron chi connectivity index (χ0n) is 22.5. The van der Waals surface area contributed by atoms with Gasteiger partial charge in [-0.1, -0.05) is 48.0 Å². The predicted octanol–water partition coefficient (Wildman–Crippen LogP) is 6.05. The molecule has 0 fully saturated rings. The topological polar surface area (TPSA) is 59.9 Å². The average molecular weight is 551 g/mol. The summed E-state index contributed by atoms with van der Waals surface area (Å²) >= 11 is 0. The van der Waals surface area contributed by atoms with Crippen LogP contribution in [-0.4, -0.2) is 19.1 Å². The van der Waals surface area contributed by atoms with Crippen LogP contribution < -0.4 is 20.6 Å². The van der Waals surface area contributed by atoms with Crippen molar-refractivity contribution in [2.45, 2.75) is 39.2 Å². The van der Waals surface area contributed by atoms with Gasteiger partial charge < -0.3 is 14.8 Å². The van der Waals surface area contributed by atoms with E-state index in [0.29, 0.717) is 5.56 Å². The Morgan fingerprint density at radius 2 is 1.80 bits per heavy atom. The zero-order chi connectivity index (χ0) is 26.3. The number of rotatable bonds is 4. The number of carbonyl (C=O) groups excluding carboxylic acids is 1. The van der Waals surface area contributed by atoms with Gasteiger partial charge in [0.25, 0.3) is 0 Å². The molecule has 3 aliphatic rings. The van der Waals surface area contributed by atoms with Gasteiger partial charge in [-0.3, -0.25) is 4.99 Å². The molecule has 0 aromatic heterocycles. The highest BCUT2D eigenvalue weighted by molar-refractivity contribution is 5.99. The van der Waals surface area contributed by atoms with Gasteiger partial charge in [-0.05, 0) is 73.1 Å². The van der Waals surface area contributed by atoms with Gasteiger partial charge in [-0.2, -0.15) is 0 Å². The van der Waals surface area contributed by atoms with Crippen molar-refractivity contribution in [1.82, 2.24) is 0 Å².